The molecule has 6 nitrogen and oxygen atoms in total. The molecule has 1 aliphatic carbocycles. The van der Waals surface area contributed by atoms with Gasteiger partial charge in [-0.05, 0) is 37.8 Å². The summed E-state index contributed by atoms with van der Waals surface area (Å²) in [6.45, 7) is 3.00. The van der Waals surface area contributed by atoms with Crippen molar-refractivity contribution in [1.29, 1.82) is 0 Å². The summed E-state index contributed by atoms with van der Waals surface area (Å²) in [5, 5.41) is 15.2. The summed E-state index contributed by atoms with van der Waals surface area (Å²) >= 11 is 0. The number of hydrogen-bond donors (Lipinski definition) is 2. The zero-order valence-electron chi connectivity index (χ0n) is 16.2. The molecular weight excluding hydrogens is 343 g/mol. The number of nitrogens with zero attached hydrogens (tertiary/aromatic N) is 4. The van der Waals surface area contributed by atoms with E-state index in [1.165, 1.54) is 25.3 Å². The average Bonchev–Trinajstić information content (AvgIpc) is 3.00. The molecule has 0 aliphatic heterocycles. The summed E-state index contributed by atoms with van der Waals surface area (Å²) < 4.78 is 15.8. The first-order valence-electron chi connectivity index (χ1n) is 9.76. The molecule has 146 valence electrons. The van der Waals surface area contributed by atoms with Crippen molar-refractivity contribution in [2.45, 2.75) is 58.0 Å². The van der Waals surface area contributed by atoms with Gasteiger partial charge in [0.25, 0.3) is 0 Å². The molecule has 0 amide bonds. The average molecular weight is 372 g/mol. The largest absolute Gasteiger partial charge is 0.356 e. The standard InChI is InChI=1S/C20H29FN6/c1-15-25-26-19(27(15)2)14-23-20(24-17-9-4-3-5-10-17)22-13-12-16-8-6-7-11-18(16)21/h6-8,11,17H,3-5,9-10,12-14H2,1-2H3,(H2,22,23,24). The fourth-order valence-electron chi connectivity index (χ4n) is 3.35. The number of aliphatic imine (C=N–C) groups is 1. The van der Waals surface area contributed by atoms with Crippen molar-refractivity contribution >= 4 is 5.96 Å². The van der Waals surface area contributed by atoms with Crippen LogP contribution in [0.15, 0.2) is 29.3 Å². The third kappa shape index (κ3) is 5.52. The fraction of sp³-hybridized carbons (Fsp3) is 0.550. The SMILES string of the molecule is Cc1nnc(CN=C(NCCc2ccccc2F)NC2CCCCC2)n1C. The second kappa shape index (κ2) is 9.48. The maximum Gasteiger partial charge on any atom is 0.191 e. The van der Waals surface area contributed by atoms with Crippen LogP contribution in [-0.4, -0.2) is 33.3 Å². The summed E-state index contributed by atoms with van der Waals surface area (Å²) in [6, 6.07) is 7.35. The Balaban J connectivity index is 1.62. The van der Waals surface area contributed by atoms with E-state index >= 15 is 0 Å². The number of benzene rings is 1. The van der Waals surface area contributed by atoms with E-state index in [2.05, 4.69) is 20.8 Å². The Bertz CT molecular complexity index is 764. The van der Waals surface area contributed by atoms with Gasteiger partial charge < -0.3 is 15.2 Å². The van der Waals surface area contributed by atoms with Crippen molar-refractivity contribution in [3.05, 3.63) is 47.3 Å². The van der Waals surface area contributed by atoms with E-state index in [1.807, 2.05) is 30.7 Å². The summed E-state index contributed by atoms with van der Waals surface area (Å²) in [6.07, 6.45) is 6.75. The van der Waals surface area contributed by atoms with Crippen LogP contribution in [-0.2, 0) is 20.0 Å². The second-order valence-electron chi connectivity index (χ2n) is 7.13. The highest BCUT2D eigenvalue weighted by molar-refractivity contribution is 5.80. The lowest BCUT2D eigenvalue weighted by molar-refractivity contribution is 0.409. The van der Waals surface area contributed by atoms with Crippen LogP contribution in [0, 0.1) is 12.7 Å². The third-order valence-electron chi connectivity index (χ3n) is 5.15. The van der Waals surface area contributed by atoms with Crippen LogP contribution < -0.4 is 10.6 Å². The van der Waals surface area contributed by atoms with E-state index in [0.717, 1.165) is 30.5 Å². The maximum atomic E-state index is 13.8. The van der Waals surface area contributed by atoms with Crippen molar-refractivity contribution in [3.63, 3.8) is 0 Å². The van der Waals surface area contributed by atoms with Crippen molar-refractivity contribution in [2.75, 3.05) is 6.54 Å². The van der Waals surface area contributed by atoms with Gasteiger partial charge in [0.05, 0.1) is 0 Å². The van der Waals surface area contributed by atoms with Gasteiger partial charge in [-0.3, -0.25) is 0 Å². The molecule has 2 N–H and O–H groups in total. The Labute approximate surface area is 160 Å². The van der Waals surface area contributed by atoms with E-state index in [9.17, 15) is 4.39 Å². The van der Waals surface area contributed by atoms with Crippen LogP contribution in [0.3, 0.4) is 0 Å². The van der Waals surface area contributed by atoms with Crippen LogP contribution in [0.1, 0.15) is 49.3 Å². The Hall–Kier alpha value is -2.44. The monoisotopic (exact) mass is 372 g/mol. The predicted octanol–water partition coefficient (Wildman–Crippen LogP) is 2.87. The Morgan fingerprint density at radius 3 is 2.70 bits per heavy atom. The molecule has 0 saturated heterocycles. The minimum Gasteiger partial charge on any atom is -0.356 e. The van der Waals surface area contributed by atoms with Gasteiger partial charge >= 0.3 is 0 Å². The van der Waals surface area contributed by atoms with Crippen LogP contribution in [0.4, 0.5) is 4.39 Å². The molecule has 1 aromatic carbocycles. The summed E-state index contributed by atoms with van der Waals surface area (Å²) in [7, 11) is 1.94. The van der Waals surface area contributed by atoms with Crippen molar-refractivity contribution in [2.24, 2.45) is 12.0 Å². The summed E-state index contributed by atoms with van der Waals surface area (Å²) in [5.74, 6) is 2.30. The number of guanidine groups is 1. The minimum absolute atomic E-state index is 0.160. The normalized spacial score (nSPS) is 15.7. The van der Waals surface area contributed by atoms with Gasteiger partial charge in [0.2, 0.25) is 0 Å². The van der Waals surface area contributed by atoms with Gasteiger partial charge in [0.15, 0.2) is 11.8 Å². The molecule has 1 fully saturated rings. The quantitative estimate of drug-likeness (QED) is 0.604. The van der Waals surface area contributed by atoms with Crippen LogP contribution in [0.2, 0.25) is 0 Å². The van der Waals surface area contributed by atoms with E-state index in [-0.39, 0.29) is 5.82 Å². The fourth-order valence-corrected chi connectivity index (χ4v) is 3.35. The topological polar surface area (TPSA) is 67.1 Å². The smallest absolute Gasteiger partial charge is 0.191 e. The molecule has 1 saturated carbocycles. The van der Waals surface area contributed by atoms with E-state index < -0.39 is 0 Å². The van der Waals surface area contributed by atoms with Gasteiger partial charge in [0, 0.05) is 19.6 Å². The second-order valence-corrected chi connectivity index (χ2v) is 7.13. The highest BCUT2D eigenvalue weighted by Crippen LogP contribution is 2.17. The first kappa shape index (κ1) is 19.3. The first-order chi connectivity index (χ1) is 13.1. The molecule has 0 atom stereocenters. The molecule has 1 aromatic heterocycles. The summed E-state index contributed by atoms with van der Waals surface area (Å²) in [5.41, 5.74) is 0.714. The number of halogens is 1. The molecular formula is C20H29FN6. The molecule has 0 spiro atoms. The molecule has 27 heavy (non-hydrogen) atoms. The Morgan fingerprint density at radius 2 is 2.00 bits per heavy atom. The third-order valence-corrected chi connectivity index (χ3v) is 5.15. The molecule has 0 radical (unpaired) electrons. The van der Waals surface area contributed by atoms with Crippen LogP contribution in [0.25, 0.3) is 0 Å². The van der Waals surface area contributed by atoms with Crippen LogP contribution in [0.5, 0.6) is 0 Å². The van der Waals surface area contributed by atoms with Gasteiger partial charge in [-0.1, -0.05) is 37.5 Å². The zero-order chi connectivity index (χ0) is 19.1. The Kier molecular flexibility index (Phi) is 6.79. The van der Waals surface area contributed by atoms with Crippen molar-refractivity contribution in [3.8, 4) is 0 Å². The van der Waals surface area contributed by atoms with E-state index in [4.69, 9.17) is 4.99 Å². The molecule has 3 rings (SSSR count). The molecule has 2 aromatic rings. The first-order valence-corrected chi connectivity index (χ1v) is 9.76. The minimum atomic E-state index is -0.160. The van der Waals surface area contributed by atoms with E-state index in [1.54, 1.807) is 6.07 Å². The molecule has 1 heterocycles. The molecule has 0 bridgehead atoms. The number of aryl methyl sites for hydroxylation is 1. The highest BCUT2D eigenvalue weighted by atomic mass is 19.1. The highest BCUT2D eigenvalue weighted by Gasteiger charge is 2.15. The lowest BCUT2D eigenvalue weighted by Crippen LogP contribution is -2.45. The van der Waals surface area contributed by atoms with Gasteiger partial charge in [0.1, 0.15) is 18.2 Å². The van der Waals surface area contributed by atoms with Gasteiger partial charge in [-0.25, -0.2) is 9.38 Å². The predicted molar refractivity (Wildman–Crippen MR) is 105 cm³/mol. The van der Waals surface area contributed by atoms with Crippen molar-refractivity contribution < 1.29 is 4.39 Å². The zero-order valence-corrected chi connectivity index (χ0v) is 16.2. The lowest BCUT2D eigenvalue weighted by atomic mass is 9.96. The number of hydrogen-bond acceptors (Lipinski definition) is 3. The number of rotatable bonds is 6. The lowest BCUT2D eigenvalue weighted by Gasteiger charge is -2.25. The van der Waals surface area contributed by atoms with Crippen LogP contribution >= 0.6 is 0 Å². The molecule has 1 aliphatic rings. The molecule has 0 unspecified atom stereocenters. The number of aromatic nitrogens is 3. The van der Waals surface area contributed by atoms with Crippen molar-refractivity contribution in [1.82, 2.24) is 25.4 Å². The summed E-state index contributed by atoms with van der Waals surface area (Å²) in [4.78, 5) is 4.69. The van der Waals surface area contributed by atoms with Gasteiger partial charge in [-0.2, -0.15) is 0 Å². The maximum absolute atomic E-state index is 13.8. The molecule has 7 heteroatoms. The number of nitrogens with one attached hydrogen (secondary N) is 2. The van der Waals surface area contributed by atoms with Gasteiger partial charge in [-0.15, -0.1) is 10.2 Å². The van der Waals surface area contributed by atoms with E-state index in [0.29, 0.717) is 31.1 Å². The Morgan fingerprint density at radius 1 is 1.22 bits per heavy atom.